The van der Waals surface area contributed by atoms with Crippen molar-refractivity contribution in [2.24, 2.45) is 0 Å². The largest absolute Gasteiger partial charge is 0.481 e. The standard InChI is InChI=1S/C18H14F3NO4/c19-12-7-14(21)13(20)6-11(12)18(26)15(8-17(24)25)22-9-16(23)10-4-2-1-3-5-10/h1-7,15,22H,8-9H2,(H,24,25)/t15-/m0/s1. The van der Waals surface area contributed by atoms with E-state index >= 15 is 0 Å². The normalized spacial score (nSPS) is 11.8. The molecule has 0 saturated carbocycles. The molecule has 0 aliphatic rings. The molecule has 1 atom stereocenters. The second-order valence-corrected chi connectivity index (χ2v) is 5.43. The number of benzene rings is 2. The maximum atomic E-state index is 13.8. The van der Waals surface area contributed by atoms with E-state index in [0.29, 0.717) is 11.6 Å². The monoisotopic (exact) mass is 365 g/mol. The van der Waals surface area contributed by atoms with Crippen molar-refractivity contribution in [1.82, 2.24) is 5.32 Å². The van der Waals surface area contributed by atoms with E-state index in [9.17, 15) is 27.6 Å². The Hall–Kier alpha value is -3.00. The number of carboxylic acids is 1. The summed E-state index contributed by atoms with van der Waals surface area (Å²) < 4.78 is 40.1. The predicted octanol–water partition coefficient (Wildman–Crippen LogP) is 2.60. The zero-order valence-electron chi connectivity index (χ0n) is 13.3. The third-order valence-corrected chi connectivity index (χ3v) is 3.58. The number of ketones is 2. The lowest BCUT2D eigenvalue weighted by molar-refractivity contribution is -0.137. The van der Waals surface area contributed by atoms with E-state index in [1.807, 2.05) is 0 Å². The molecule has 0 amide bonds. The number of hydrogen-bond acceptors (Lipinski definition) is 4. The number of carboxylic acid groups (broad SMARTS) is 1. The minimum Gasteiger partial charge on any atom is -0.481 e. The molecule has 2 aromatic carbocycles. The fourth-order valence-corrected chi connectivity index (χ4v) is 2.27. The quantitative estimate of drug-likeness (QED) is 0.555. The van der Waals surface area contributed by atoms with Crippen molar-refractivity contribution in [2.45, 2.75) is 12.5 Å². The first kappa shape index (κ1) is 19.3. The predicted molar refractivity (Wildman–Crippen MR) is 85.5 cm³/mol. The SMILES string of the molecule is O=C(O)C[C@H](NCC(=O)c1ccccc1)C(=O)c1cc(F)c(F)cc1F. The van der Waals surface area contributed by atoms with E-state index in [1.165, 1.54) is 12.1 Å². The number of rotatable bonds is 8. The van der Waals surface area contributed by atoms with Gasteiger partial charge in [-0.05, 0) is 6.07 Å². The van der Waals surface area contributed by atoms with Crippen molar-refractivity contribution >= 4 is 17.5 Å². The van der Waals surface area contributed by atoms with Crippen molar-refractivity contribution in [3.63, 3.8) is 0 Å². The summed E-state index contributed by atoms with van der Waals surface area (Å²) in [6, 6.07) is 7.11. The van der Waals surface area contributed by atoms with Gasteiger partial charge < -0.3 is 5.11 Å². The summed E-state index contributed by atoms with van der Waals surface area (Å²) in [6.45, 7) is -0.390. The van der Waals surface area contributed by atoms with Gasteiger partial charge in [0.2, 0.25) is 0 Å². The van der Waals surface area contributed by atoms with Gasteiger partial charge >= 0.3 is 5.97 Å². The molecule has 2 rings (SSSR count). The van der Waals surface area contributed by atoms with Gasteiger partial charge in [0.15, 0.2) is 23.2 Å². The molecule has 0 bridgehead atoms. The van der Waals surface area contributed by atoms with Gasteiger partial charge in [-0.3, -0.25) is 19.7 Å². The number of halogens is 3. The molecule has 5 nitrogen and oxygen atoms in total. The number of hydrogen-bond donors (Lipinski definition) is 2. The van der Waals surface area contributed by atoms with E-state index in [2.05, 4.69) is 5.32 Å². The van der Waals surface area contributed by atoms with Gasteiger partial charge in [-0.2, -0.15) is 0 Å². The molecule has 2 aromatic rings. The molecule has 8 heteroatoms. The van der Waals surface area contributed by atoms with Crippen LogP contribution in [0.25, 0.3) is 0 Å². The highest BCUT2D eigenvalue weighted by molar-refractivity contribution is 6.03. The zero-order valence-corrected chi connectivity index (χ0v) is 13.3. The van der Waals surface area contributed by atoms with Crippen molar-refractivity contribution < 1.29 is 32.7 Å². The van der Waals surface area contributed by atoms with E-state index in [0.717, 1.165) is 0 Å². The van der Waals surface area contributed by atoms with E-state index in [1.54, 1.807) is 18.2 Å². The molecule has 26 heavy (non-hydrogen) atoms. The first-order chi connectivity index (χ1) is 12.3. The fraction of sp³-hybridized carbons (Fsp3) is 0.167. The minimum absolute atomic E-state index is 0.204. The summed E-state index contributed by atoms with van der Waals surface area (Å²) in [6.07, 6.45) is -0.765. The summed E-state index contributed by atoms with van der Waals surface area (Å²) in [4.78, 5) is 35.4. The van der Waals surface area contributed by atoms with Crippen LogP contribution in [0.2, 0.25) is 0 Å². The van der Waals surface area contributed by atoms with E-state index in [4.69, 9.17) is 5.11 Å². The van der Waals surface area contributed by atoms with Gasteiger partial charge in [0.25, 0.3) is 0 Å². The van der Waals surface area contributed by atoms with Crippen LogP contribution < -0.4 is 5.32 Å². The van der Waals surface area contributed by atoms with E-state index < -0.39 is 53.0 Å². The Kier molecular flexibility index (Phi) is 6.24. The zero-order chi connectivity index (χ0) is 19.3. The van der Waals surface area contributed by atoms with Crippen molar-refractivity contribution in [1.29, 1.82) is 0 Å². The Morgan fingerprint density at radius 1 is 0.962 bits per heavy atom. The van der Waals surface area contributed by atoms with Crippen LogP contribution in [0.4, 0.5) is 13.2 Å². The van der Waals surface area contributed by atoms with Crippen molar-refractivity contribution in [3.8, 4) is 0 Å². The van der Waals surface area contributed by atoms with Crippen LogP contribution >= 0.6 is 0 Å². The van der Waals surface area contributed by atoms with E-state index in [-0.39, 0.29) is 12.6 Å². The fourth-order valence-electron chi connectivity index (χ4n) is 2.27. The van der Waals surface area contributed by atoms with Crippen LogP contribution in [0.3, 0.4) is 0 Å². The second-order valence-electron chi connectivity index (χ2n) is 5.43. The van der Waals surface area contributed by atoms with Crippen LogP contribution in [0.15, 0.2) is 42.5 Å². The lowest BCUT2D eigenvalue weighted by Gasteiger charge is -2.16. The highest BCUT2D eigenvalue weighted by Crippen LogP contribution is 2.16. The molecular weight excluding hydrogens is 351 g/mol. The van der Waals surface area contributed by atoms with Gasteiger partial charge in [-0.25, -0.2) is 13.2 Å². The lowest BCUT2D eigenvalue weighted by atomic mass is 10.00. The molecule has 0 fully saturated rings. The molecule has 0 saturated heterocycles. The van der Waals surface area contributed by atoms with Gasteiger partial charge in [0, 0.05) is 11.6 Å². The Morgan fingerprint density at radius 3 is 2.19 bits per heavy atom. The van der Waals surface area contributed by atoms with Crippen LogP contribution in [-0.2, 0) is 4.79 Å². The summed E-state index contributed by atoms with van der Waals surface area (Å²) in [5.41, 5.74) is -0.463. The van der Waals surface area contributed by atoms with Crippen molar-refractivity contribution in [2.75, 3.05) is 6.54 Å². The third-order valence-electron chi connectivity index (χ3n) is 3.58. The summed E-state index contributed by atoms with van der Waals surface area (Å²) in [5.74, 6) is -7.12. The topological polar surface area (TPSA) is 83.5 Å². The van der Waals surface area contributed by atoms with Gasteiger partial charge in [-0.15, -0.1) is 0 Å². The molecular formula is C18H14F3NO4. The number of carbonyl (C=O) groups is 3. The Balaban J connectivity index is 2.19. The third kappa shape index (κ3) is 4.76. The summed E-state index contributed by atoms with van der Waals surface area (Å²) in [7, 11) is 0. The highest BCUT2D eigenvalue weighted by atomic mass is 19.2. The number of carbonyl (C=O) groups excluding carboxylic acids is 2. The molecule has 0 aliphatic carbocycles. The molecule has 0 heterocycles. The average Bonchev–Trinajstić information content (AvgIpc) is 2.61. The van der Waals surface area contributed by atoms with Crippen molar-refractivity contribution in [3.05, 3.63) is 71.0 Å². The number of nitrogens with one attached hydrogen (secondary N) is 1. The molecule has 0 aromatic heterocycles. The molecule has 0 radical (unpaired) electrons. The maximum absolute atomic E-state index is 13.8. The lowest BCUT2D eigenvalue weighted by Crippen LogP contribution is -2.41. The first-order valence-electron chi connectivity index (χ1n) is 7.51. The average molecular weight is 365 g/mol. The number of Topliss-reactive ketones (excluding diaryl/α,β-unsaturated/α-hetero) is 2. The Morgan fingerprint density at radius 2 is 1.58 bits per heavy atom. The Bertz CT molecular complexity index is 840. The summed E-state index contributed by atoms with van der Waals surface area (Å²) in [5, 5.41) is 11.4. The highest BCUT2D eigenvalue weighted by Gasteiger charge is 2.27. The van der Waals surface area contributed by atoms with Crippen LogP contribution in [0.1, 0.15) is 27.1 Å². The van der Waals surface area contributed by atoms with Crippen LogP contribution in [0, 0.1) is 17.5 Å². The van der Waals surface area contributed by atoms with Gasteiger partial charge in [0.05, 0.1) is 24.6 Å². The molecule has 0 unspecified atom stereocenters. The van der Waals surface area contributed by atoms with Crippen LogP contribution in [-0.4, -0.2) is 35.2 Å². The van der Waals surface area contributed by atoms with Gasteiger partial charge in [-0.1, -0.05) is 30.3 Å². The molecule has 0 aliphatic heterocycles. The maximum Gasteiger partial charge on any atom is 0.305 e. The van der Waals surface area contributed by atoms with Gasteiger partial charge in [0.1, 0.15) is 5.82 Å². The molecule has 2 N–H and O–H groups in total. The second kappa shape index (κ2) is 8.39. The molecule has 136 valence electrons. The summed E-state index contributed by atoms with van der Waals surface area (Å²) >= 11 is 0. The minimum atomic E-state index is -1.49. The smallest absolute Gasteiger partial charge is 0.305 e. The number of aliphatic carboxylic acids is 1. The Labute approximate surface area is 146 Å². The van der Waals surface area contributed by atoms with Crippen LogP contribution in [0.5, 0.6) is 0 Å². The first-order valence-corrected chi connectivity index (χ1v) is 7.51. The molecule has 0 spiro atoms.